The van der Waals surface area contributed by atoms with Crippen LogP contribution in [0.2, 0.25) is 0 Å². The van der Waals surface area contributed by atoms with Crippen molar-refractivity contribution in [3.63, 3.8) is 0 Å². The van der Waals surface area contributed by atoms with Gasteiger partial charge in [0.1, 0.15) is 11.5 Å². The second-order valence-electron chi connectivity index (χ2n) is 5.64. The summed E-state index contributed by atoms with van der Waals surface area (Å²) in [6.45, 7) is 11.0. The van der Waals surface area contributed by atoms with Gasteiger partial charge in [-0.1, -0.05) is 0 Å². The second kappa shape index (κ2) is 6.06. The van der Waals surface area contributed by atoms with Crippen LogP contribution in [0.15, 0.2) is 10.5 Å². The first kappa shape index (κ1) is 14.8. The summed E-state index contributed by atoms with van der Waals surface area (Å²) in [5.41, 5.74) is 1.01. The molecule has 0 saturated heterocycles. The second-order valence-corrected chi connectivity index (χ2v) is 5.64. The van der Waals surface area contributed by atoms with Crippen molar-refractivity contribution in [3.05, 3.63) is 23.2 Å². The van der Waals surface area contributed by atoms with Crippen LogP contribution in [-0.2, 0) is 0 Å². The molecular formula is C15H24N2O. The number of nitrogens with one attached hydrogen (secondary N) is 1. The van der Waals surface area contributed by atoms with Crippen molar-refractivity contribution in [1.82, 2.24) is 5.32 Å². The Kier molecular flexibility index (Phi) is 4.98. The van der Waals surface area contributed by atoms with E-state index >= 15 is 0 Å². The van der Waals surface area contributed by atoms with Gasteiger partial charge in [0.05, 0.1) is 11.5 Å². The highest BCUT2D eigenvalue weighted by atomic mass is 16.3. The Morgan fingerprint density at radius 2 is 2.11 bits per heavy atom. The summed E-state index contributed by atoms with van der Waals surface area (Å²) in [4.78, 5) is 0. The molecule has 1 atom stereocenters. The van der Waals surface area contributed by atoms with Crippen molar-refractivity contribution >= 4 is 0 Å². The van der Waals surface area contributed by atoms with Gasteiger partial charge in [0.25, 0.3) is 0 Å². The SMILES string of the molecule is Cc1cc(C(C)NCCCC(C)(C)C#N)c(C)o1. The molecular weight excluding hydrogens is 224 g/mol. The van der Waals surface area contributed by atoms with Gasteiger partial charge in [-0.2, -0.15) is 5.26 Å². The molecule has 0 bridgehead atoms. The minimum atomic E-state index is -0.215. The van der Waals surface area contributed by atoms with E-state index in [1.54, 1.807) is 0 Å². The topological polar surface area (TPSA) is 49.0 Å². The number of furan rings is 1. The van der Waals surface area contributed by atoms with Gasteiger partial charge in [-0.25, -0.2) is 0 Å². The smallest absolute Gasteiger partial charge is 0.105 e. The number of rotatable bonds is 6. The van der Waals surface area contributed by atoms with Crippen molar-refractivity contribution in [2.45, 2.75) is 53.5 Å². The summed E-state index contributed by atoms with van der Waals surface area (Å²) in [6.07, 6.45) is 1.94. The van der Waals surface area contributed by atoms with Crippen LogP contribution in [0.1, 0.15) is 56.7 Å². The normalized spacial score (nSPS) is 13.3. The van der Waals surface area contributed by atoms with Crippen molar-refractivity contribution in [2.24, 2.45) is 5.41 Å². The first-order valence-electron chi connectivity index (χ1n) is 6.57. The van der Waals surface area contributed by atoms with Crippen LogP contribution >= 0.6 is 0 Å². The van der Waals surface area contributed by atoms with Gasteiger partial charge in [0, 0.05) is 11.6 Å². The van der Waals surface area contributed by atoms with E-state index in [1.165, 1.54) is 5.56 Å². The lowest BCUT2D eigenvalue weighted by Gasteiger charge is -2.17. The Bertz CT molecular complexity index is 426. The number of hydrogen-bond acceptors (Lipinski definition) is 3. The van der Waals surface area contributed by atoms with Crippen molar-refractivity contribution in [1.29, 1.82) is 5.26 Å². The lowest BCUT2D eigenvalue weighted by molar-refractivity contribution is 0.415. The molecule has 0 aliphatic heterocycles. The molecule has 1 unspecified atom stereocenters. The minimum absolute atomic E-state index is 0.215. The quantitative estimate of drug-likeness (QED) is 0.777. The molecule has 0 radical (unpaired) electrons. The molecule has 1 aromatic heterocycles. The lowest BCUT2D eigenvalue weighted by Crippen LogP contribution is -2.21. The molecule has 0 fully saturated rings. The predicted molar refractivity (Wildman–Crippen MR) is 73.2 cm³/mol. The average molecular weight is 248 g/mol. The highest BCUT2D eigenvalue weighted by Gasteiger charge is 2.16. The number of nitrogens with zero attached hydrogens (tertiary/aromatic N) is 1. The fraction of sp³-hybridized carbons (Fsp3) is 0.667. The maximum atomic E-state index is 8.94. The van der Waals surface area contributed by atoms with Crippen LogP contribution in [0, 0.1) is 30.6 Å². The fourth-order valence-corrected chi connectivity index (χ4v) is 2.10. The Morgan fingerprint density at radius 1 is 1.44 bits per heavy atom. The van der Waals surface area contributed by atoms with Crippen molar-refractivity contribution in [3.8, 4) is 6.07 Å². The molecule has 0 aromatic carbocycles. The summed E-state index contributed by atoms with van der Waals surface area (Å²) >= 11 is 0. The van der Waals surface area contributed by atoms with E-state index in [9.17, 15) is 0 Å². The third-order valence-corrected chi connectivity index (χ3v) is 3.28. The zero-order valence-corrected chi connectivity index (χ0v) is 12.1. The first-order valence-corrected chi connectivity index (χ1v) is 6.57. The van der Waals surface area contributed by atoms with Crippen LogP contribution in [0.5, 0.6) is 0 Å². The van der Waals surface area contributed by atoms with Crippen molar-refractivity contribution in [2.75, 3.05) is 6.54 Å². The van der Waals surface area contributed by atoms with Crippen LogP contribution in [0.25, 0.3) is 0 Å². The van der Waals surface area contributed by atoms with Gasteiger partial charge in [-0.15, -0.1) is 0 Å². The fourth-order valence-electron chi connectivity index (χ4n) is 2.10. The van der Waals surface area contributed by atoms with Crippen LogP contribution < -0.4 is 5.32 Å². The van der Waals surface area contributed by atoms with Crippen LogP contribution in [0.4, 0.5) is 0 Å². The maximum Gasteiger partial charge on any atom is 0.105 e. The summed E-state index contributed by atoms with van der Waals surface area (Å²) in [7, 11) is 0. The Morgan fingerprint density at radius 3 is 2.61 bits per heavy atom. The average Bonchev–Trinajstić information content (AvgIpc) is 2.64. The monoisotopic (exact) mass is 248 g/mol. The van der Waals surface area contributed by atoms with E-state index in [4.69, 9.17) is 9.68 Å². The first-order chi connectivity index (χ1) is 8.35. The minimum Gasteiger partial charge on any atom is -0.466 e. The number of aryl methyl sites for hydroxylation is 2. The number of nitriles is 1. The van der Waals surface area contributed by atoms with Gasteiger partial charge in [0.2, 0.25) is 0 Å². The molecule has 3 nitrogen and oxygen atoms in total. The van der Waals surface area contributed by atoms with E-state index in [0.717, 1.165) is 30.9 Å². The summed E-state index contributed by atoms with van der Waals surface area (Å²) < 4.78 is 5.53. The van der Waals surface area contributed by atoms with Crippen LogP contribution in [-0.4, -0.2) is 6.54 Å². The standard InChI is InChI=1S/C15H24N2O/c1-11-9-14(13(3)18-11)12(2)17-8-6-7-15(4,5)10-16/h9,12,17H,6-8H2,1-5H3. The third-order valence-electron chi connectivity index (χ3n) is 3.28. The van der Waals surface area contributed by atoms with Gasteiger partial charge >= 0.3 is 0 Å². The molecule has 0 saturated carbocycles. The van der Waals surface area contributed by atoms with E-state index in [0.29, 0.717) is 6.04 Å². The Labute approximate surface area is 110 Å². The number of hydrogen-bond donors (Lipinski definition) is 1. The zero-order chi connectivity index (χ0) is 13.8. The Balaban J connectivity index is 2.37. The maximum absolute atomic E-state index is 8.94. The molecule has 0 amide bonds. The third kappa shape index (κ3) is 4.19. The molecule has 0 aliphatic rings. The lowest BCUT2D eigenvalue weighted by atomic mass is 9.90. The molecule has 1 rings (SSSR count). The summed E-state index contributed by atoms with van der Waals surface area (Å²) in [5.74, 6) is 1.95. The molecule has 0 spiro atoms. The van der Waals surface area contributed by atoms with Gasteiger partial charge in [-0.3, -0.25) is 0 Å². The molecule has 100 valence electrons. The van der Waals surface area contributed by atoms with E-state index < -0.39 is 0 Å². The van der Waals surface area contributed by atoms with Crippen molar-refractivity contribution < 1.29 is 4.42 Å². The van der Waals surface area contributed by atoms with Gasteiger partial charge < -0.3 is 9.73 Å². The van der Waals surface area contributed by atoms with E-state index in [2.05, 4.69) is 24.4 Å². The van der Waals surface area contributed by atoms with E-state index in [1.807, 2.05) is 27.7 Å². The van der Waals surface area contributed by atoms with Gasteiger partial charge in [0.15, 0.2) is 0 Å². The predicted octanol–water partition coefficient (Wildman–Crippen LogP) is 3.88. The molecule has 1 aromatic rings. The highest BCUT2D eigenvalue weighted by Crippen LogP contribution is 2.22. The molecule has 0 aliphatic carbocycles. The molecule has 1 N–H and O–H groups in total. The summed E-state index contributed by atoms with van der Waals surface area (Å²) in [5, 5.41) is 12.4. The van der Waals surface area contributed by atoms with Crippen LogP contribution in [0.3, 0.4) is 0 Å². The van der Waals surface area contributed by atoms with E-state index in [-0.39, 0.29) is 5.41 Å². The molecule has 18 heavy (non-hydrogen) atoms. The summed E-state index contributed by atoms with van der Waals surface area (Å²) in [6, 6.07) is 4.72. The van der Waals surface area contributed by atoms with Gasteiger partial charge in [-0.05, 0) is 60.1 Å². The largest absolute Gasteiger partial charge is 0.466 e. The zero-order valence-electron chi connectivity index (χ0n) is 12.1. The highest BCUT2D eigenvalue weighted by molar-refractivity contribution is 5.23. The molecule has 1 heterocycles. The Hall–Kier alpha value is -1.27. The molecule has 3 heteroatoms.